The van der Waals surface area contributed by atoms with E-state index in [1.807, 2.05) is 12.1 Å². The first-order valence-corrected chi connectivity index (χ1v) is 7.06. The zero-order valence-electron chi connectivity index (χ0n) is 9.77. The molecule has 0 aliphatic carbocycles. The predicted molar refractivity (Wildman–Crippen MR) is 75.6 cm³/mol. The standard InChI is InChI=1S/C13H10BrFN2OS/c14-13-4-3-12(19-13)11(7-17)18-9-2-1-8(6-16)10(15)5-9/h1-5,11H,7,17H2. The highest BCUT2D eigenvalue weighted by Gasteiger charge is 2.15. The van der Waals surface area contributed by atoms with Gasteiger partial charge in [-0.25, -0.2) is 4.39 Å². The van der Waals surface area contributed by atoms with Gasteiger partial charge in [0.2, 0.25) is 0 Å². The molecule has 0 amide bonds. The molecule has 1 aromatic heterocycles. The molecule has 1 heterocycles. The number of rotatable bonds is 4. The van der Waals surface area contributed by atoms with E-state index in [2.05, 4.69) is 15.9 Å². The molecule has 3 nitrogen and oxygen atoms in total. The number of benzene rings is 1. The van der Waals surface area contributed by atoms with Crippen LogP contribution in [0.2, 0.25) is 0 Å². The van der Waals surface area contributed by atoms with Crippen molar-refractivity contribution in [2.45, 2.75) is 6.10 Å². The Hall–Kier alpha value is -1.42. The summed E-state index contributed by atoms with van der Waals surface area (Å²) < 4.78 is 20.1. The molecule has 1 aromatic carbocycles. The van der Waals surface area contributed by atoms with Gasteiger partial charge in [0.15, 0.2) is 0 Å². The first-order valence-electron chi connectivity index (χ1n) is 5.45. The largest absolute Gasteiger partial charge is 0.483 e. The van der Waals surface area contributed by atoms with E-state index in [1.54, 1.807) is 12.1 Å². The molecule has 0 aliphatic heterocycles. The number of thiophene rings is 1. The van der Waals surface area contributed by atoms with Gasteiger partial charge in [-0.05, 0) is 40.2 Å². The van der Waals surface area contributed by atoms with Gasteiger partial charge in [-0.2, -0.15) is 5.26 Å². The number of nitrogens with two attached hydrogens (primary N) is 1. The Labute approximate surface area is 122 Å². The van der Waals surface area contributed by atoms with Crippen LogP contribution in [0.1, 0.15) is 16.5 Å². The summed E-state index contributed by atoms with van der Waals surface area (Å²) in [4.78, 5) is 0.958. The van der Waals surface area contributed by atoms with Gasteiger partial charge < -0.3 is 10.5 Å². The van der Waals surface area contributed by atoms with Gasteiger partial charge in [0.05, 0.1) is 9.35 Å². The second kappa shape index (κ2) is 6.15. The molecule has 0 saturated heterocycles. The van der Waals surface area contributed by atoms with E-state index >= 15 is 0 Å². The molecule has 2 rings (SSSR count). The molecule has 2 N–H and O–H groups in total. The van der Waals surface area contributed by atoms with Gasteiger partial charge >= 0.3 is 0 Å². The van der Waals surface area contributed by atoms with E-state index in [9.17, 15) is 4.39 Å². The van der Waals surface area contributed by atoms with Crippen LogP contribution in [0.4, 0.5) is 4.39 Å². The van der Waals surface area contributed by atoms with Gasteiger partial charge in [-0.3, -0.25) is 0 Å². The van der Waals surface area contributed by atoms with Crippen LogP contribution in [0.15, 0.2) is 34.1 Å². The number of hydrogen-bond donors (Lipinski definition) is 1. The van der Waals surface area contributed by atoms with Crippen molar-refractivity contribution in [2.75, 3.05) is 6.54 Å². The molecule has 1 atom stereocenters. The smallest absolute Gasteiger partial charge is 0.145 e. The highest BCUT2D eigenvalue weighted by atomic mass is 79.9. The molecule has 0 fully saturated rings. The molecule has 0 bridgehead atoms. The molecule has 0 spiro atoms. The molecule has 1 unspecified atom stereocenters. The highest BCUT2D eigenvalue weighted by molar-refractivity contribution is 9.11. The molecule has 0 aliphatic rings. The topological polar surface area (TPSA) is 59.0 Å². The third kappa shape index (κ3) is 3.32. The lowest BCUT2D eigenvalue weighted by Crippen LogP contribution is -2.17. The summed E-state index contributed by atoms with van der Waals surface area (Å²) in [7, 11) is 0. The van der Waals surface area contributed by atoms with Crippen LogP contribution >= 0.6 is 27.3 Å². The van der Waals surface area contributed by atoms with Crippen molar-refractivity contribution in [1.29, 1.82) is 5.26 Å². The molecule has 98 valence electrons. The first-order chi connectivity index (χ1) is 9.13. The quantitative estimate of drug-likeness (QED) is 0.924. The Morgan fingerprint density at radius 3 is 2.74 bits per heavy atom. The van der Waals surface area contributed by atoms with E-state index in [4.69, 9.17) is 15.7 Å². The summed E-state index contributed by atoms with van der Waals surface area (Å²) in [6, 6.07) is 9.73. The molecular weight excluding hydrogens is 331 g/mol. The third-order valence-electron chi connectivity index (χ3n) is 2.46. The fourth-order valence-corrected chi connectivity index (χ4v) is 3.01. The first kappa shape index (κ1) is 14.0. The molecule has 0 radical (unpaired) electrons. The fraction of sp³-hybridized carbons (Fsp3) is 0.154. The van der Waals surface area contributed by atoms with Crippen molar-refractivity contribution in [3.63, 3.8) is 0 Å². The second-order valence-electron chi connectivity index (χ2n) is 3.74. The minimum Gasteiger partial charge on any atom is -0.483 e. The van der Waals surface area contributed by atoms with Crippen molar-refractivity contribution < 1.29 is 9.13 Å². The van der Waals surface area contributed by atoms with Gasteiger partial charge in [-0.1, -0.05) is 0 Å². The zero-order chi connectivity index (χ0) is 13.8. The van der Waals surface area contributed by atoms with E-state index in [1.165, 1.54) is 23.5 Å². The van der Waals surface area contributed by atoms with Crippen molar-refractivity contribution in [2.24, 2.45) is 5.73 Å². The number of nitriles is 1. The third-order valence-corrected chi connectivity index (χ3v) is 4.18. The Balaban J connectivity index is 2.19. The van der Waals surface area contributed by atoms with Crippen LogP contribution in [0, 0.1) is 17.1 Å². The molecule has 6 heteroatoms. The molecule has 2 aromatic rings. The molecular formula is C13H10BrFN2OS. The van der Waals surface area contributed by atoms with Gasteiger partial charge in [0.25, 0.3) is 0 Å². The summed E-state index contributed by atoms with van der Waals surface area (Å²) in [5, 5.41) is 8.66. The van der Waals surface area contributed by atoms with Crippen molar-refractivity contribution in [3.05, 3.63) is 50.4 Å². The van der Waals surface area contributed by atoms with Crippen LogP contribution < -0.4 is 10.5 Å². The SMILES string of the molecule is N#Cc1ccc(OC(CN)c2ccc(Br)s2)cc1F. The maximum atomic E-state index is 13.5. The summed E-state index contributed by atoms with van der Waals surface area (Å²) >= 11 is 4.89. The number of hydrogen-bond acceptors (Lipinski definition) is 4. The summed E-state index contributed by atoms with van der Waals surface area (Å²) in [5.74, 6) is -0.236. The average molecular weight is 341 g/mol. The minimum absolute atomic E-state index is 0.00415. The van der Waals surface area contributed by atoms with Crippen LogP contribution in [0.5, 0.6) is 5.75 Å². The predicted octanol–water partition coefficient (Wildman–Crippen LogP) is 3.60. The Morgan fingerprint density at radius 1 is 1.42 bits per heavy atom. The lowest BCUT2D eigenvalue weighted by Gasteiger charge is -2.16. The van der Waals surface area contributed by atoms with Crippen LogP contribution in [0.3, 0.4) is 0 Å². The minimum atomic E-state index is -0.594. The number of halogens is 2. The van der Waals surface area contributed by atoms with Gasteiger partial charge in [-0.15, -0.1) is 11.3 Å². The Bertz CT molecular complexity index is 623. The van der Waals surface area contributed by atoms with Crippen molar-refractivity contribution >= 4 is 27.3 Å². The number of nitrogens with zero attached hydrogens (tertiary/aromatic N) is 1. The maximum absolute atomic E-state index is 13.5. The van der Waals surface area contributed by atoms with E-state index in [0.717, 1.165) is 8.66 Å². The summed E-state index contributed by atoms with van der Waals surface area (Å²) in [6.45, 7) is 0.286. The highest BCUT2D eigenvalue weighted by Crippen LogP contribution is 2.30. The lowest BCUT2D eigenvalue weighted by atomic mass is 10.2. The second-order valence-corrected chi connectivity index (χ2v) is 6.23. The van der Waals surface area contributed by atoms with E-state index in [-0.39, 0.29) is 18.2 Å². The Kier molecular flexibility index (Phi) is 4.53. The van der Waals surface area contributed by atoms with Crippen LogP contribution in [-0.4, -0.2) is 6.54 Å². The molecule has 0 saturated carbocycles. The Morgan fingerprint density at radius 2 is 2.21 bits per heavy atom. The zero-order valence-corrected chi connectivity index (χ0v) is 12.2. The van der Waals surface area contributed by atoms with Gasteiger partial charge in [0.1, 0.15) is 23.7 Å². The lowest BCUT2D eigenvalue weighted by molar-refractivity contribution is 0.217. The van der Waals surface area contributed by atoms with Crippen LogP contribution in [0.25, 0.3) is 0 Å². The molecule has 19 heavy (non-hydrogen) atoms. The monoisotopic (exact) mass is 340 g/mol. The summed E-state index contributed by atoms with van der Waals surface area (Å²) in [6.07, 6.45) is -0.330. The van der Waals surface area contributed by atoms with Crippen molar-refractivity contribution in [1.82, 2.24) is 0 Å². The van der Waals surface area contributed by atoms with Gasteiger partial charge in [0, 0.05) is 17.5 Å². The number of ether oxygens (including phenoxy) is 1. The van der Waals surface area contributed by atoms with E-state index in [0.29, 0.717) is 5.75 Å². The van der Waals surface area contributed by atoms with E-state index < -0.39 is 5.82 Å². The normalized spacial score (nSPS) is 11.9. The summed E-state index contributed by atoms with van der Waals surface area (Å²) in [5.41, 5.74) is 5.67. The van der Waals surface area contributed by atoms with Crippen molar-refractivity contribution in [3.8, 4) is 11.8 Å². The fourth-order valence-electron chi connectivity index (χ4n) is 1.55. The van der Waals surface area contributed by atoms with Crippen LogP contribution in [-0.2, 0) is 0 Å². The average Bonchev–Trinajstić information content (AvgIpc) is 2.82. The maximum Gasteiger partial charge on any atom is 0.145 e.